The van der Waals surface area contributed by atoms with Crippen LogP contribution in [0.25, 0.3) is 11.2 Å². The molecule has 3 heterocycles. The Labute approximate surface area is 154 Å². The number of imidazole rings is 1. The van der Waals surface area contributed by atoms with Crippen LogP contribution in [0, 0.1) is 0 Å². The van der Waals surface area contributed by atoms with Gasteiger partial charge in [0.15, 0.2) is 17.7 Å². The summed E-state index contributed by atoms with van der Waals surface area (Å²) in [6.07, 6.45) is -0.492. The Balaban J connectivity index is 1.46. The molecule has 1 aliphatic heterocycles. The summed E-state index contributed by atoms with van der Waals surface area (Å²) in [5.74, 6) is 1.64. The minimum absolute atomic E-state index is 0.261. The maximum atomic E-state index is 10.4. The number of nitrogens with zero attached hydrogens (tertiary/aromatic N) is 4. The van der Waals surface area contributed by atoms with Gasteiger partial charge in [0.05, 0.1) is 12.4 Å². The van der Waals surface area contributed by atoms with Crippen LogP contribution >= 0.6 is 11.8 Å². The molecule has 0 aliphatic carbocycles. The number of anilines is 1. The third kappa shape index (κ3) is 3.14. The lowest BCUT2D eigenvalue weighted by Crippen LogP contribution is -2.32. The number of ether oxygens (including phenoxy) is 1. The summed E-state index contributed by atoms with van der Waals surface area (Å²) in [6, 6.07) is 10.1. The predicted molar refractivity (Wildman–Crippen MR) is 98.3 cm³/mol. The van der Waals surface area contributed by atoms with Crippen LogP contribution in [-0.2, 0) is 10.5 Å². The quantitative estimate of drug-likeness (QED) is 0.605. The summed E-state index contributed by atoms with van der Waals surface area (Å²) in [7, 11) is 0. The van der Waals surface area contributed by atoms with E-state index in [1.807, 2.05) is 18.2 Å². The monoisotopic (exact) mass is 373 g/mol. The first-order chi connectivity index (χ1) is 12.6. The highest BCUT2D eigenvalue weighted by Crippen LogP contribution is 2.33. The lowest BCUT2D eigenvalue weighted by Gasteiger charge is -2.16. The summed E-state index contributed by atoms with van der Waals surface area (Å²) in [5.41, 5.74) is 7.91. The fourth-order valence-electron chi connectivity index (χ4n) is 3.02. The fraction of sp³-hybridized carbons (Fsp3) is 0.353. The Morgan fingerprint density at radius 2 is 1.92 bits per heavy atom. The molecule has 1 fully saturated rings. The molecule has 4 atom stereocenters. The number of nitrogen functional groups attached to an aromatic ring is 1. The molecule has 0 spiro atoms. The molecule has 0 radical (unpaired) electrons. The van der Waals surface area contributed by atoms with Crippen LogP contribution in [0.4, 0.5) is 5.82 Å². The van der Waals surface area contributed by atoms with E-state index in [0.717, 1.165) is 5.75 Å². The number of aromatic nitrogens is 4. The maximum Gasteiger partial charge on any atom is 0.167 e. The van der Waals surface area contributed by atoms with Gasteiger partial charge in [0.1, 0.15) is 24.1 Å². The highest BCUT2D eigenvalue weighted by molar-refractivity contribution is 7.98. The number of rotatable bonds is 5. The van der Waals surface area contributed by atoms with Crippen LogP contribution < -0.4 is 5.73 Å². The summed E-state index contributed by atoms with van der Waals surface area (Å²) in [6.45, 7) is 0. The first-order valence-corrected chi connectivity index (χ1v) is 9.37. The zero-order chi connectivity index (χ0) is 18.1. The second-order valence-corrected chi connectivity index (χ2v) is 7.16. The maximum absolute atomic E-state index is 10.4. The first kappa shape index (κ1) is 17.2. The van der Waals surface area contributed by atoms with Crippen molar-refractivity contribution in [1.82, 2.24) is 19.5 Å². The van der Waals surface area contributed by atoms with E-state index < -0.39 is 24.5 Å². The Kier molecular flexibility index (Phi) is 4.77. The highest BCUT2D eigenvalue weighted by atomic mass is 32.2. The molecule has 26 heavy (non-hydrogen) atoms. The Hall–Kier alpha value is -2.20. The Morgan fingerprint density at radius 3 is 2.73 bits per heavy atom. The van der Waals surface area contributed by atoms with Gasteiger partial charge in [-0.25, -0.2) is 15.0 Å². The third-order valence-corrected chi connectivity index (χ3v) is 5.49. The Bertz CT molecular complexity index is 890. The lowest BCUT2D eigenvalue weighted by molar-refractivity contribution is -0.0289. The molecule has 136 valence electrons. The third-order valence-electron chi connectivity index (χ3n) is 4.39. The summed E-state index contributed by atoms with van der Waals surface area (Å²) < 4.78 is 7.50. The number of benzene rings is 1. The van der Waals surface area contributed by atoms with Crippen molar-refractivity contribution in [3.8, 4) is 0 Å². The van der Waals surface area contributed by atoms with E-state index >= 15 is 0 Å². The van der Waals surface area contributed by atoms with E-state index in [1.165, 1.54) is 18.2 Å². The molecule has 2 aromatic heterocycles. The number of hydrogen-bond acceptors (Lipinski definition) is 8. The van der Waals surface area contributed by atoms with Crippen molar-refractivity contribution in [3.05, 3.63) is 48.5 Å². The second kappa shape index (κ2) is 7.20. The average Bonchev–Trinajstić information content (AvgIpc) is 3.20. The van der Waals surface area contributed by atoms with Crippen LogP contribution in [0.3, 0.4) is 0 Å². The van der Waals surface area contributed by atoms with Crippen LogP contribution in [0.2, 0.25) is 0 Å². The molecule has 0 amide bonds. The molecule has 3 aromatic rings. The average molecular weight is 373 g/mol. The molecule has 9 heteroatoms. The van der Waals surface area contributed by atoms with Crippen molar-refractivity contribution < 1.29 is 14.9 Å². The van der Waals surface area contributed by atoms with E-state index in [2.05, 4.69) is 27.1 Å². The molecule has 1 aromatic carbocycles. The molecular formula is C17H19N5O3S. The van der Waals surface area contributed by atoms with E-state index in [4.69, 9.17) is 10.5 Å². The summed E-state index contributed by atoms with van der Waals surface area (Å²) >= 11 is 1.65. The molecule has 4 N–H and O–H groups in total. The van der Waals surface area contributed by atoms with Crippen molar-refractivity contribution in [1.29, 1.82) is 0 Å². The summed E-state index contributed by atoms with van der Waals surface area (Å²) in [4.78, 5) is 12.2. The molecular weight excluding hydrogens is 354 g/mol. The topological polar surface area (TPSA) is 119 Å². The SMILES string of the molecule is Nc1ncnc2c1ncn2[C@@H]1O[C@H](CSCc2ccccc2)C(O)C1O. The number of aliphatic hydroxyl groups is 2. The van der Waals surface area contributed by atoms with Gasteiger partial charge in [-0.05, 0) is 5.56 Å². The number of thioether (sulfide) groups is 1. The van der Waals surface area contributed by atoms with Gasteiger partial charge in [-0.1, -0.05) is 30.3 Å². The van der Waals surface area contributed by atoms with Crippen molar-refractivity contribution in [3.63, 3.8) is 0 Å². The van der Waals surface area contributed by atoms with Crippen molar-refractivity contribution in [2.45, 2.75) is 30.3 Å². The second-order valence-electron chi connectivity index (χ2n) is 6.13. The van der Waals surface area contributed by atoms with Crippen molar-refractivity contribution >= 4 is 28.7 Å². The van der Waals surface area contributed by atoms with Gasteiger partial charge >= 0.3 is 0 Å². The minimum atomic E-state index is -1.08. The first-order valence-electron chi connectivity index (χ1n) is 8.21. The number of aliphatic hydroxyl groups excluding tert-OH is 2. The zero-order valence-corrected chi connectivity index (χ0v) is 14.7. The van der Waals surface area contributed by atoms with Gasteiger partial charge in [-0.2, -0.15) is 11.8 Å². The lowest BCUT2D eigenvalue weighted by atomic mass is 10.1. The van der Waals surface area contributed by atoms with E-state index in [1.54, 1.807) is 16.3 Å². The van der Waals surface area contributed by atoms with E-state index in [-0.39, 0.29) is 5.82 Å². The molecule has 1 saturated heterocycles. The minimum Gasteiger partial charge on any atom is -0.387 e. The van der Waals surface area contributed by atoms with Gasteiger partial charge in [-0.3, -0.25) is 4.57 Å². The van der Waals surface area contributed by atoms with Crippen LogP contribution in [-0.4, -0.2) is 53.8 Å². The fourth-order valence-corrected chi connectivity index (χ4v) is 4.07. The van der Waals surface area contributed by atoms with Gasteiger partial charge in [-0.15, -0.1) is 0 Å². The molecule has 2 unspecified atom stereocenters. The predicted octanol–water partition coefficient (Wildman–Crippen LogP) is 0.961. The molecule has 0 saturated carbocycles. The standard InChI is InChI=1S/C17H19N5O3S/c18-15-12-16(20-8-19-15)22(9-21-12)17-14(24)13(23)11(25-17)7-26-6-10-4-2-1-3-5-10/h1-5,8-9,11,13-14,17,23-24H,6-7H2,(H2,18,19,20)/t11-,13?,14?,17-/m1/s1. The smallest absolute Gasteiger partial charge is 0.167 e. The van der Waals surface area contributed by atoms with Gasteiger partial charge in [0.2, 0.25) is 0 Å². The Morgan fingerprint density at radius 1 is 1.12 bits per heavy atom. The molecule has 4 rings (SSSR count). The molecule has 0 bridgehead atoms. The number of fused-ring (bicyclic) bond motifs is 1. The van der Waals surface area contributed by atoms with Crippen molar-refractivity contribution in [2.24, 2.45) is 0 Å². The van der Waals surface area contributed by atoms with Crippen molar-refractivity contribution in [2.75, 3.05) is 11.5 Å². The number of nitrogens with two attached hydrogens (primary N) is 1. The van der Waals surface area contributed by atoms with Gasteiger partial charge in [0.25, 0.3) is 0 Å². The van der Waals surface area contributed by atoms with E-state index in [0.29, 0.717) is 16.9 Å². The zero-order valence-electron chi connectivity index (χ0n) is 13.8. The van der Waals surface area contributed by atoms with Crippen LogP contribution in [0.5, 0.6) is 0 Å². The summed E-state index contributed by atoms with van der Waals surface area (Å²) in [5, 5.41) is 20.8. The van der Waals surface area contributed by atoms with Crippen LogP contribution in [0.15, 0.2) is 43.0 Å². The molecule has 1 aliphatic rings. The van der Waals surface area contributed by atoms with Crippen LogP contribution in [0.1, 0.15) is 11.8 Å². The number of hydrogen-bond donors (Lipinski definition) is 3. The molecule has 8 nitrogen and oxygen atoms in total. The van der Waals surface area contributed by atoms with Gasteiger partial charge in [0, 0.05) is 11.5 Å². The normalized spacial score (nSPS) is 25.8. The van der Waals surface area contributed by atoms with E-state index in [9.17, 15) is 10.2 Å². The largest absolute Gasteiger partial charge is 0.387 e. The highest BCUT2D eigenvalue weighted by Gasteiger charge is 2.44. The van der Waals surface area contributed by atoms with Gasteiger partial charge < -0.3 is 20.7 Å².